The van der Waals surface area contributed by atoms with E-state index in [-0.39, 0.29) is 0 Å². The Morgan fingerprint density at radius 2 is 2.00 bits per heavy atom. The fraction of sp³-hybridized carbons (Fsp3) is 0.400. The van der Waals surface area contributed by atoms with Crippen LogP contribution >= 0.6 is 15.9 Å². The molecule has 0 saturated heterocycles. The normalized spacial score (nSPS) is 14.4. The highest BCUT2D eigenvalue weighted by Gasteiger charge is 2.17. The van der Waals surface area contributed by atoms with Crippen LogP contribution in [0.25, 0.3) is 5.69 Å². The molecule has 1 aromatic heterocycles. The maximum Gasteiger partial charge on any atom is 0.0645 e. The van der Waals surface area contributed by atoms with Gasteiger partial charge >= 0.3 is 0 Å². The first-order valence-corrected chi connectivity index (χ1v) is 7.38. The lowest BCUT2D eigenvalue weighted by molar-refractivity contribution is 0.518. The van der Waals surface area contributed by atoms with Gasteiger partial charge in [0.25, 0.3) is 0 Å². The predicted molar refractivity (Wildman–Crippen MR) is 79.3 cm³/mol. The molecular formula is C15H19BrN2. The Kier molecular flexibility index (Phi) is 4.59. The zero-order chi connectivity index (χ0) is 13.0. The van der Waals surface area contributed by atoms with E-state index in [9.17, 15) is 0 Å². The molecule has 1 aromatic carbocycles. The van der Waals surface area contributed by atoms with Crippen LogP contribution in [0.15, 0.2) is 42.7 Å². The lowest BCUT2D eigenvalue weighted by Gasteiger charge is -2.15. The molecule has 0 aliphatic carbocycles. The van der Waals surface area contributed by atoms with E-state index in [2.05, 4.69) is 53.2 Å². The molecule has 2 atom stereocenters. The first-order chi connectivity index (χ1) is 8.72. The third-order valence-electron chi connectivity index (χ3n) is 3.19. The van der Waals surface area contributed by atoms with Crippen molar-refractivity contribution in [3.8, 4) is 5.69 Å². The van der Waals surface area contributed by atoms with Crippen LogP contribution in [0.1, 0.15) is 37.1 Å². The number of alkyl halides is 1. The van der Waals surface area contributed by atoms with E-state index in [4.69, 9.17) is 0 Å². The standard InChI is InChI=1S/C15H19BrN2/c1-3-7-12(2)15(16)13-10-17-18(11-13)14-8-5-4-6-9-14/h4-6,8-12,15H,3,7H2,1-2H3. The van der Waals surface area contributed by atoms with Crippen molar-refractivity contribution in [1.29, 1.82) is 0 Å². The highest BCUT2D eigenvalue weighted by atomic mass is 79.9. The molecule has 0 saturated carbocycles. The van der Waals surface area contributed by atoms with Gasteiger partial charge in [-0.05, 0) is 24.5 Å². The van der Waals surface area contributed by atoms with Crippen LogP contribution in [0.5, 0.6) is 0 Å². The predicted octanol–water partition coefficient (Wildman–Crippen LogP) is 4.74. The Hall–Kier alpha value is -1.09. The number of para-hydroxylation sites is 1. The molecule has 0 bridgehead atoms. The number of hydrogen-bond donors (Lipinski definition) is 0. The lowest BCUT2D eigenvalue weighted by atomic mass is 9.99. The summed E-state index contributed by atoms with van der Waals surface area (Å²) in [4.78, 5) is 0.384. The number of hydrogen-bond acceptors (Lipinski definition) is 1. The zero-order valence-electron chi connectivity index (χ0n) is 10.9. The van der Waals surface area contributed by atoms with E-state index in [1.54, 1.807) is 0 Å². The van der Waals surface area contributed by atoms with Crippen LogP contribution in [-0.4, -0.2) is 9.78 Å². The van der Waals surface area contributed by atoms with Gasteiger partial charge in [0.1, 0.15) is 0 Å². The molecule has 2 aromatic rings. The Balaban J connectivity index is 2.15. The molecule has 2 nitrogen and oxygen atoms in total. The minimum Gasteiger partial charge on any atom is -0.241 e. The number of benzene rings is 1. The molecular weight excluding hydrogens is 288 g/mol. The fourth-order valence-corrected chi connectivity index (χ4v) is 2.63. The smallest absolute Gasteiger partial charge is 0.0645 e. The molecule has 0 amide bonds. The van der Waals surface area contributed by atoms with Gasteiger partial charge in [0.2, 0.25) is 0 Å². The van der Waals surface area contributed by atoms with Gasteiger partial charge in [-0.15, -0.1) is 0 Å². The Labute approximate surface area is 117 Å². The number of rotatable bonds is 5. The van der Waals surface area contributed by atoms with E-state index >= 15 is 0 Å². The van der Waals surface area contributed by atoms with Crippen LogP contribution in [0.4, 0.5) is 0 Å². The summed E-state index contributed by atoms with van der Waals surface area (Å²) in [6.45, 7) is 4.51. The minimum atomic E-state index is 0.384. The SMILES string of the molecule is CCCC(C)C(Br)c1cnn(-c2ccccc2)c1. The largest absolute Gasteiger partial charge is 0.241 e. The Bertz CT molecular complexity index is 478. The van der Waals surface area contributed by atoms with Gasteiger partial charge in [0, 0.05) is 16.6 Å². The van der Waals surface area contributed by atoms with Crippen LogP contribution < -0.4 is 0 Å². The molecule has 96 valence electrons. The van der Waals surface area contributed by atoms with Crippen molar-refractivity contribution >= 4 is 15.9 Å². The average Bonchev–Trinajstić information content (AvgIpc) is 2.89. The fourth-order valence-electron chi connectivity index (χ4n) is 2.13. The summed E-state index contributed by atoms with van der Waals surface area (Å²) in [6, 6.07) is 10.2. The second-order valence-electron chi connectivity index (χ2n) is 4.72. The maximum absolute atomic E-state index is 4.44. The van der Waals surface area contributed by atoms with E-state index < -0.39 is 0 Å². The van der Waals surface area contributed by atoms with Crippen LogP contribution in [-0.2, 0) is 0 Å². The molecule has 0 spiro atoms. The first-order valence-electron chi connectivity index (χ1n) is 6.46. The van der Waals surface area contributed by atoms with E-state index in [1.165, 1.54) is 18.4 Å². The van der Waals surface area contributed by atoms with Gasteiger partial charge in [-0.2, -0.15) is 5.10 Å². The summed E-state index contributed by atoms with van der Waals surface area (Å²) in [7, 11) is 0. The topological polar surface area (TPSA) is 17.8 Å². The lowest BCUT2D eigenvalue weighted by Crippen LogP contribution is -2.02. The summed E-state index contributed by atoms with van der Waals surface area (Å²) in [5, 5.41) is 4.44. The van der Waals surface area contributed by atoms with Crippen molar-refractivity contribution in [3.63, 3.8) is 0 Å². The minimum absolute atomic E-state index is 0.384. The van der Waals surface area contributed by atoms with Crippen molar-refractivity contribution in [2.45, 2.75) is 31.5 Å². The number of halogens is 1. The maximum atomic E-state index is 4.44. The zero-order valence-corrected chi connectivity index (χ0v) is 12.5. The molecule has 0 fully saturated rings. The number of aromatic nitrogens is 2. The molecule has 0 aliphatic heterocycles. The molecule has 18 heavy (non-hydrogen) atoms. The van der Waals surface area contributed by atoms with Gasteiger partial charge in [0.05, 0.1) is 11.9 Å². The molecule has 1 heterocycles. The Morgan fingerprint density at radius 1 is 1.28 bits per heavy atom. The summed E-state index contributed by atoms with van der Waals surface area (Å²) < 4.78 is 1.93. The monoisotopic (exact) mass is 306 g/mol. The number of nitrogens with zero attached hydrogens (tertiary/aromatic N) is 2. The van der Waals surface area contributed by atoms with Gasteiger partial charge in [-0.3, -0.25) is 0 Å². The van der Waals surface area contributed by atoms with Crippen molar-refractivity contribution in [2.24, 2.45) is 5.92 Å². The molecule has 2 rings (SSSR count). The quantitative estimate of drug-likeness (QED) is 0.729. The first kappa shape index (κ1) is 13.3. The summed E-state index contributed by atoms with van der Waals surface area (Å²) in [5.41, 5.74) is 2.35. The van der Waals surface area contributed by atoms with Crippen molar-refractivity contribution < 1.29 is 0 Å². The highest BCUT2D eigenvalue weighted by Crippen LogP contribution is 2.33. The molecule has 0 radical (unpaired) electrons. The van der Waals surface area contributed by atoms with E-state index in [0.717, 1.165) is 5.69 Å². The van der Waals surface area contributed by atoms with Crippen LogP contribution in [0.2, 0.25) is 0 Å². The van der Waals surface area contributed by atoms with Crippen LogP contribution in [0, 0.1) is 5.92 Å². The van der Waals surface area contributed by atoms with Gasteiger partial charge in [-0.1, -0.05) is 54.4 Å². The van der Waals surface area contributed by atoms with Gasteiger partial charge < -0.3 is 0 Å². The van der Waals surface area contributed by atoms with E-state index in [1.807, 2.05) is 29.1 Å². The third kappa shape index (κ3) is 3.02. The van der Waals surface area contributed by atoms with E-state index in [0.29, 0.717) is 10.7 Å². The van der Waals surface area contributed by atoms with Crippen molar-refractivity contribution in [3.05, 3.63) is 48.3 Å². The second-order valence-corrected chi connectivity index (χ2v) is 5.71. The molecule has 0 N–H and O–H groups in total. The molecule has 3 heteroatoms. The highest BCUT2D eigenvalue weighted by molar-refractivity contribution is 9.09. The Morgan fingerprint density at radius 3 is 2.67 bits per heavy atom. The van der Waals surface area contributed by atoms with Gasteiger partial charge in [0.15, 0.2) is 0 Å². The molecule has 2 unspecified atom stereocenters. The third-order valence-corrected chi connectivity index (χ3v) is 4.62. The summed E-state index contributed by atoms with van der Waals surface area (Å²) in [6.07, 6.45) is 6.52. The summed E-state index contributed by atoms with van der Waals surface area (Å²) in [5.74, 6) is 0.628. The van der Waals surface area contributed by atoms with Crippen molar-refractivity contribution in [2.75, 3.05) is 0 Å². The van der Waals surface area contributed by atoms with Gasteiger partial charge in [-0.25, -0.2) is 4.68 Å². The summed E-state index contributed by atoms with van der Waals surface area (Å²) >= 11 is 3.78. The average molecular weight is 307 g/mol. The molecule has 0 aliphatic rings. The second kappa shape index (κ2) is 6.19. The van der Waals surface area contributed by atoms with Crippen LogP contribution in [0.3, 0.4) is 0 Å². The van der Waals surface area contributed by atoms with Crippen molar-refractivity contribution in [1.82, 2.24) is 9.78 Å².